The van der Waals surface area contributed by atoms with E-state index in [0.717, 1.165) is 5.69 Å². The molecule has 4 aromatic rings. The van der Waals surface area contributed by atoms with Crippen LogP contribution in [0.5, 0.6) is 5.75 Å². The zero-order valence-electron chi connectivity index (χ0n) is 15.5. The molecule has 28 heavy (non-hydrogen) atoms. The van der Waals surface area contributed by atoms with E-state index in [2.05, 4.69) is 21.0 Å². The molecule has 2 heterocycles. The van der Waals surface area contributed by atoms with Gasteiger partial charge in [0.25, 0.3) is 5.56 Å². The van der Waals surface area contributed by atoms with Crippen LogP contribution in [0.15, 0.2) is 65.6 Å². The van der Waals surface area contributed by atoms with Crippen molar-refractivity contribution in [1.82, 2.24) is 19.3 Å². The van der Waals surface area contributed by atoms with E-state index in [0.29, 0.717) is 34.9 Å². The monoisotopic (exact) mass is 438 g/mol. The highest BCUT2D eigenvalue weighted by molar-refractivity contribution is 9.09. The molecule has 0 aliphatic carbocycles. The number of ether oxygens (including phenoxy) is 1. The highest BCUT2D eigenvalue weighted by atomic mass is 79.9. The van der Waals surface area contributed by atoms with Crippen molar-refractivity contribution in [2.45, 2.75) is 18.7 Å². The predicted molar refractivity (Wildman–Crippen MR) is 113 cm³/mol. The number of fused-ring (bicyclic) bond motifs is 1. The molecular formula is C21H19BrN4O2. The number of aromatic nitrogens is 4. The number of para-hydroxylation sites is 3. The van der Waals surface area contributed by atoms with E-state index in [1.165, 1.54) is 0 Å². The molecule has 142 valence electrons. The van der Waals surface area contributed by atoms with E-state index in [1.807, 2.05) is 68.4 Å². The van der Waals surface area contributed by atoms with Gasteiger partial charge in [0.15, 0.2) is 5.65 Å². The predicted octanol–water partition coefficient (Wildman–Crippen LogP) is 4.43. The minimum atomic E-state index is -0.180. The standard InChI is InChI=1S/C21H19BrN4O2/c1-3-28-18-12-8-7-11-17(18)25-19(14(2)22)24-20-16(21(25)27)13-23-26(20)15-9-5-4-6-10-15/h4-14H,3H2,1-2H3. The van der Waals surface area contributed by atoms with Crippen molar-refractivity contribution >= 4 is 27.0 Å². The molecule has 6 nitrogen and oxygen atoms in total. The highest BCUT2D eigenvalue weighted by Gasteiger charge is 2.21. The van der Waals surface area contributed by atoms with E-state index in [4.69, 9.17) is 9.72 Å². The molecule has 0 saturated heterocycles. The van der Waals surface area contributed by atoms with Crippen LogP contribution >= 0.6 is 15.9 Å². The summed E-state index contributed by atoms with van der Waals surface area (Å²) in [7, 11) is 0. The average Bonchev–Trinajstić information content (AvgIpc) is 3.14. The smallest absolute Gasteiger partial charge is 0.269 e. The van der Waals surface area contributed by atoms with Crippen molar-refractivity contribution in [1.29, 1.82) is 0 Å². The number of halogens is 1. The summed E-state index contributed by atoms with van der Waals surface area (Å²) in [5, 5.41) is 4.87. The van der Waals surface area contributed by atoms with Gasteiger partial charge < -0.3 is 4.74 Å². The molecule has 0 saturated carbocycles. The summed E-state index contributed by atoms with van der Waals surface area (Å²) in [4.78, 5) is 18.1. The first-order valence-electron chi connectivity index (χ1n) is 9.04. The fourth-order valence-corrected chi connectivity index (χ4v) is 3.47. The highest BCUT2D eigenvalue weighted by Crippen LogP contribution is 2.28. The lowest BCUT2D eigenvalue weighted by atomic mass is 10.2. The second-order valence-electron chi connectivity index (χ2n) is 6.26. The van der Waals surface area contributed by atoms with Crippen LogP contribution in [0.25, 0.3) is 22.4 Å². The van der Waals surface area contributed by atoms with Crippen molar-refractivity contribution in [2.24, 2.45) is 0 Å². The van der Waals surface area contributed by atoms with E-state index in [1.54, 1.807) is 15.4 Å². The SMILES string of the molecule is CCOc1ccccc1-n1c(C(C)Br)nc2c(cnn2-c2ccccc2)c1=O. The molecule has 0 N–H and O–H groups in total. The minimum absolute atomic E-state index is 0.154. The summed E-state index contributed by atoms with van der Waals surface area (Å²) in [6, 6.07) is 17.1. The topological polar surface area (TPSA) is 61.9 Å². The van der Waals surface area contributed by atoms with Gasteiger partial charge in [0.05, 0.1) is 29.0 Å². The van der Waals surface area contributed by atoms with Crippen LogP contribution in [0.1, 0.15) is 24.5 Å². The number of benzene rings is 2. The molecule has 1 unspecified atom stereocenters. The molecule has 0 fully saturated rings. The molecule has 2 aromatic heterocycles. The van der Waals surface area contributed by atoms with Gasteiger partial charge in [0, 0.05) is 0 Å². The summed E-state index contributed by atoms with van der Waals surface area (Å²) in [5.41, 5.74) is 1.87. The summed E-state index contributed by atoms with van der Waals surface area (Å²) >= 11 is 3.59. The Morgan fingerprint density at radius 1 is 1.11 bits per heavy atom. The summed E-state index contributed by atoms with van der Waals surface area (Å²) in [6.45, 7) is 4.36. The Balaban J connectivity index is 2.03. The van der Waals surface area contributed by atoms with Crippen LogP contribution in [0.2, 0.25) is 0 Å². The van der Waals surface area contributed by atoms with Crippen LogP contribution < -0.4 is 10.3 Å². The van der Waals surface area contributed by atoms with Gasteiger partial charge >= 0.3 is 0 Å². The van der Waals surface area contributed by atoms with Crippen LogP contribution in [0.4, 0.5) is 0 Å². The summed E-state index contributed by atoms with van der Waals surface area (Å²) < 4.78 is 9.03. The molecule has 4 rings (SSSR count). The molecular weight excluding hydrogens is 420 g/mol. The molecule has 0 aliphatic rings. The Labute approximate surface area is 170 Å². The third kappa shape index (κ3) is 3.11. The van der Waals surface area contributed by atoms with Gasteiger partial charge in [-0.05, 0) is 38.1 Å². The molecule has 0 bridgehead atoms. The molecule has 7 heteroatoms. The van der Waals surface area contributed by atoms with Crippen molar-refractivity contribution < 1.29 is 4.74 Å². The van der Waals surface area contributed by atoms with E-state index >= 15 is 0 Å². The Morgan fingerprint density at radius 3 is 2.54 bits per heavy atom. The number of hydrogen-bond acceptors (Lipinski definition) is 4. The van der Waals surface area contributed by atoms with Gasteiger partial charge in [-0.3, -0.25) is 9.36 Å². The number of nitrogens with zero attached hydrogens (tertiary/aromatic N) is 4. The third-order valence-electron chi connectivity index (χ3n) is 4.39. The number of rotatable bonds is 5. The van der Waals surface area contributed by atoms with E-state index < -0.39 is 0 Å². The fraction of sp³-hybridized carbons (Fsp3) is 0.190. The van der Waals surface area contributed by atoms with Gasteiger partial charge in [-0.1, -0.05) is 46.3 Å². The summed E-state index contributed by atoms with van der Waals surface area (Å²) in [5.74, 6) is 1.22. The Morgan fingerprint density at radius 2 is 1.82 bits per heavy atom. The maximum Gasteiger partial charge on any atom is 0.269 e. The zero-order valence-corrected chi connectivity index (χ0v) is 17.1. The van der Waals surface area contributed by atoms with Crippen molar-refractivity contribution in [3.05, 3.63) is 77.0 Å². The number of hydrogen-bond donors (Lipinski definition) is 0. The molecule has 1 atom stereocenters. The first-order valence-corrected chi connectivity index (χ1v) is 9.95. The van der Waals surface area contributed by atoms with Crippen molar-refractivity contribution in [2.75, 3.05) is 6.61 Å². The average molecular weight is 439 g/mol. The van der Waals surface area contributed by atoms with Crippen LogP contribution in [0, 0.1) is 0 Å². The number of alkyl halides is 1. The first kappa shape index (κ1) is 18.4. The van der Waals surface area contributed by atoms with Gasteiger partial charge in [0.2, 0.25) is 0 Å². The van der Waals surface area contributed by atoms with Crippen LogP contribution in [-0.2, 0) is 0 Å². The van der Waals surface area contributed by atoms with Crippen molar-refractivity contribution in [3.63, 3.8) is 0 Å². The third-order valence-corrected chi connectivity index (χ3v) is 4.80. The van der Waals surface area contributed by atoms with Gasteiger partial charge in [-0.25, -0.2) is 9.67 Å². The van der Waals surface area contributed by atoms with Gasteiger partial charge in [0.1, 0.15) is 17.0 Å². The van der Waals surface area contributed by atoms with Gasteiger partial charge in [-0.2, -0.15) is 5.10 Å². The molecule has 2 aromatic carbocycles. The Hall–Kier alpha value is -2.93. The van der Waals surface area contributed by atoms with Crippen LogP contribution in [-0.4, -0.2) is 25.9 Å². The Bertz CT molecular complexity index is 1180. The first-order chi connectivity index (χ1) is 13.6. The summed E-state index contributed by atoms with van der Waals surface area (Å²) in [6.07, 6.45) is 1.57. The second-order valence-corrected chi connectivity index (χ2v) is 7.63. The second kappa shape index (κ2) is 7.59. The largest absolute Gasteiger partial charge is 0.492 e. The fourth-order valence-electron chi connectivity index (χ4n) is 3.16. The van der Waals surface area contributed by atoms with Crippen molar-refractivity contribution in [3.8, 4) is 17.1 Å². The molecule has 0 spiro atoms. The minimum Gasteiger partial charge on any atom is -0.492 e. The Kier molecular flexibility index (Phi) is 5.00. The quantitative estimate of drug-likeness (QED) is 0.432. The maximum atomic E-state index is 13.4. The van der Waals surface area contributed by atoms with E-state index in [-0.39, 0.29) is 10.4 Å². The lowest BCUT2D eigenvalue weighted by Crippen LogP contribution is -2.25. The molecule has 0 amide bonds. The lowest BCUT2D eigenvalue weighted by Gasteiger charge is -2.17. The lowest BCUT2D eigenvalue weighted by molar-refractivity contribution is 0.338. The normalized spacial score (nSPS) is 12.2. The molecule has 0 aliphatic heterocycles. The molecule has 0 radical (unpaired) electrons. The van der Waals surface area contributed by atoms with Gasteiger partial charge in [-0.15, -0.1) is 0 Å². The van der Waals surface area contributed by atoms with E-state index in [9.17, 15) is 4.79 Å². The maximum absolute atomic E-state index is 13.4. The zero-order chi connectivity index (χ0) is 19.7. The van der Waals surface area contributed by atoms with Crippen LogP contribution in [0.3, 0.4) is 0 Å².